The molecule has 0 bridgehead atoms. The average molecular weight is 408 g/mol. The number of ether oxygens (including phenoxy) is 1. The van der Waals surface area contributed by atoms with E-state index in [1.54, 1.807) is 0 Å². The van der Waals surface area contributed by atoms with E-state index in [2.05, 4.69) is 20.3 Å². The Hall–Kier alpha value is -3.72. The van der Waals surface area contributed by atoms with Crippen LogP contribution in [-0.2, 0) is 9.53 Å². The van der Waals surface area contributed by atoms with Crippen molar-refractivity contribution in [2.24, 2.45) is 0 Å². The van der Waals surface area contributed by atoms with Crippen molar-refractivity contribution in [3.8, 4) is 10.7 Å². The number of nitrogens with zero attached hydrogens (tertiary/aromatic N) is 3. The summed E-state index contributed by atoms with van der Waals surface area (Å²) in [6.07, 6.45) is 2.82. The van der Waals surface area contributed by atoms with Crippen molar-refractivity contribution >= 4 is 39.1 Å². The zero-order valence-electron chi connectivity index (χ0n) is 14.8. The van der Waals surface area contributed by atoms with Gasteiger partial charge in [0.05, 0.1) is 10.2 Å². The summed E-state index contributed by atoms with van der Waals surface area (Å²) in [5.74, 6) is -1.77. The molecule has 0 atom stereocenters. The number of anilines is 1. The molecule has 0 unspecified atom stereocenters. The SMILES string of the molecule is O=C(COC(=O)c1nccnc1-c1nc2ccccc2s1)Nc1ccc(F)cc1. The van der Waals surface area contributed by atoms with Gasteiger partial charge in [-0.2, -0.15) is 0 Å². The number of fused-ring (bicyclic) bond motifs is 1. The molecular weight excluding hydrogens is 395 g/mol. The van der Waals surface area contributed by atoms with Crippen LogP contribution in [0.4, 0.5) is 10.1 Å². The van der Waals surface area contributed by atoms with Crippen LogP contribution in [0.25, 0.3) is 20.9 Å². The zero-order chi connectivity index (χ0) is 20.2. The number of carbonyl (C=O) groups is 2. The van der Waals surface area contributed by atoms with Gasteiger partial charge < -0.3 is 10.1 Å². The summed E-state index contributed by atoms with van der Waals surface area (Å²) in [4.78, 5) is 37.2. The summed E-state index contributed by atoms with van der Waals surface area (Å²) in [5.41, 5.74) is 1.44. The maximum Gasteiger partial charge on any atom is 0.359 e. The fraction of sp³-hybridized carbons (Fsp3) is 0.0500. The number of rotatable bonds is 5. The lowest BCUT2D eigenvalue weighted by Gasteiger charge is -2.07. The highest BCUT2D eigenvalue weighted by atomic mass is 32.1. The lowest BCUT2D eigenvalue weighted by Crippen LogP contribution is -2.21. The van der Waals surface area contributed by atoms with Gasteiger partial charge >= 0.3 is 5.97 Å². The minimum atomic E-state index is -0.790. The van der Waals surface area contributed by atoms with E-state index in [1.165, 1.54) is 48.0 Å². The maximum atomic E-state index is 12.9. The molecule has 2 heterocycles. The topological polar surface area (TPSA) is 94.1 Å². The van der Waals surface area contributed by atoms with E-state index >= 15 is 0 Å². The zero-order valence-corrected chi connectivity index (χ0v) is 15.6. The summed E-state index contributed by atoms with van der Waals surface area (Å²) in [6, 6.07) is 12.8. The van der Waals surface area contributed by atoms with Gasteiger partial charge in [-0.1, -0.05) is 12.1 Å². The second-order valence-corrected chi connectivity index (χ2v) is 6.90. The Labute approximate surface area is 168 Å². The molecular formula is C20H13FN4O3S. The van der Waals surface area contributed by atoms with E-state index in [0.717, 1.165) is 10.2 Å². The van der Waals surface area contributed by atoms with Crippen molar-refractivity contribution in [2.75, 3.05) is 11.9 Å². The van der Waals surface area contributed by atoms with Crippen LogP contribution in [-0.4, -0.2) is 33.4 Å². The quantitative estimate of drug-likeness (QED) is 0.506. The normalized spacial score (nSPS) is 10.7. The highest BCUT2D eigenvalue weighted by molar-refractivity contribution is 7.21. The standard InChI is InChI=1S/C20H13FN4O3S/c21-12-5-7-13(8-6-12)24-16(26)11-28-20(27)18-17(22-9-10-23-18)19-25-14-3-1-2-4-15(14)29-19/h1-10H,11H2,(H,24,26). The van der Waals surface area contributed by atoms with Crippen LogP contribution in [0.15, 0.2) is 60.9 Å². The van der Waals surface area contributed by atoms with Crippen LogP contribution in [0.2, 0.25) is 0 Å². The first-order chi connectivity index (χ1) is 14.1. The molecule has 2 aromatic heterocycles. The molecule has 0 radical (unpaired) electrons. The number of para-hydroxylation sites is 1. The Bertz CT molecular complexity index is 1160. The number of benzene rings is 2. The van der Waals surface area contributed by atoms with Gasteiger partial charge in [0.2, 0.25) is 0 Å². The molecule has 0 spiro atoms. The van der Waals surface area contributed by atoms with Gasteiger partial charge in [0, 0.05) is 18.1 Å². The molecule has 0 aliphatic carbocycles. The molecule has 1 N–H and O–H groups in total. The monoisotopic (exact) mass is 408 g/mol. The van der Waals surface area contributed by atoms with Gasteiger partial charge in [-0.3, -0.25) is 4.79 Å². The fourth-order valence-corrected chi connectivity index (χ4v) is 3.51. The number of amides is 1. The molecule has 9 heteroatoms. The van der Waals surface area contributed by atoms with E-state index in [4.69, 9.17) is 4.74 Å². The first-order valence-corrected chi connectivity index (χ1v) is 9.31. The van der Waals surface area contributed by atoms with Gasteiger partial charge in [0.25, 0.3) is 5.91 Å². The number of halogens is 1. The van der Waals surface area contributed by atoms with E-state index < -0.39 is 24.3 Å². The van der Waals surface area contributed by atoms with Crippen molar-refractivity contribution in [2.45, 2.75) is 0 Å². The predicted octanol–water partition coefficient (Wildman–Crippen LogP) is 3.69. The smallest absolute Gasteiger partial charge is 0.359 e. The maximum absolute atomic E-state index is 12.9. The lowest BCUT2D eigenvalue weighted by molar-refractivity contribution is -0.119. The van der Waals surface area contributed by atoms with Crippen LogP contribution in [0.3, 0.4) is 0 Å². The number of esters is 1. The molecule has 4 aromatic rings. The number of hydrogen-bond acceptors (Lipinski definition) is 7. The third-order valence-electron chi connectivity index (χ3n) is 3.85. The van der Waals surface area contributed by atoms with Gasteiger partial charge in [0.1, 0.15) is 16.5 Å². The minimum absolute atomic E-state index is 0.0267. The first-order valence-electron chi connectivity index (χ1n) is 8.49. The number of thiazole rings is 1. The highest BCUT2D eigenvalue weighted by Crippen LogP contribution is 2.30. The summed E-state index contributed by atoms with van der Waals surface area (Å²) in [6.45, 7) is -0.522. The Kier molecular flexibility index (Phi) is 5.21. The van der Waals surface area contributed by atoms with Crippen LogP contribution in [0.5, 0.6) is 0 Å². The van der Waals surface area contributed by atoms with Crippen molar-refractivity contribution in [1.29, 1.82) is 0 Å². The molecule has 29 heavy (non-hydrogen) atoms. The van der Waals surface area contributed by atoms with E-state index in [-0.39, 0.29) is 11.4 Å². The predicted molar refractivity (Wildman–Crippen MR) is 106 cm³/mol. The van der Waals surface area contributed by atoms with Crippen molar-refractivity contribution < 1.29 is 18.7 Å². The van der Waals surface area contributed by atoms with Crippen molar-refractivity contribution in [1.82, 2.24) is 15.0 Å². The van der Waals surface area contributed by atoms with Crippen LogP contribution in [0, 0.1) is 5.82 Å². The van der Waals surface area contributed by atoms with Crippen molar-refractivity contribution in [3.05, 3.63) is 72.4 Å². The van der Waals surface area contributed by atoms with Crippen molar-refractivity contribution in [3.63, 3.8) is 0 Å². The van der Waals surface area contributed by atoms with E-state index in [0.29, 0.717) is 10.7 Å². The largest absolute Gasteiger partial charge is 0.451 e. The summed E-state index contributed by atoms with van der Waals surface area (Å²) < 4.78 is 18.9. The molecule has 0 fully saturated rings. The molecule has 144 valence electrons. The average Bonchev–Trinajstić information content (AvgIpc) is 3.18. The number of carbonyl (C=O) groups excluding carboxylic acids is 2. The highest BCUT2D eigenvalue weighted by Gasteiger charge is 2.21. The lowest BCUT2D eigenvalue weighted by atomic mass is 10.3. The first kappa shape index (κ1) is 18.6. The van der Waals surface area contributed by atoms with E-state index in [1.807, 2.05) is 24.3 Å². The van der Waals surface area contributed by atoms with Crippen LogP contribution in [0.1, 0.15) is 10.5 Å². The summed E-state index contributed by atoms with van der Waals surface area (Å²) in [5, 5.41) is 3.04. The molecule has 0 saturated heterocycles. The summed E-state index contributed by atoms with van der Waals surface area (Å²) in [7, 11) is 0. The van der Waals surface area contributed by atoms with Crippen LogP contribution >= 0.6 is 11.3 Å². The third-order valence-corrected chi connectivity index (χ3v) is 4.89. The molecule has 0 saturated carbocycles. The fourth-order valence-electron chi connectivity index (χ4n) is 2.55. The van der Waals surface area contributed by atoms with Crippen LogP contribution < -0.4 is 5.32 Å². The second kappa shape index (κ2) is 8.11. The molecule has 1 amide bonds. The molecule has 4 rings (SSSR count). The molecule has 7 nitrogen and oxygen atoms in total. The van der Waals surface area contributed by atoms with Gasteiger partial charge in [-0.15, -0.1) is 11.3 Å². The Morgan fingerprint density at radius 2 is 1.79 bits per heavy atom. The van der Waals surface area contributed by atoms with Gasteiger partial charge in [-0.05, 0) is 36.4 Å². The van der Waals surface area contributed by atoms with Gasteiger partial charge in [-0.25, -0.2) is 24.1 Å². The number of aromatic nitrogens is 3. The minimum Gasteiger partial charge on any atom is -0.451 e. The third kappa shape index (κ3) is 4.25. The van der Waals surface area contributed by atoms with E-state index in [9.17, 15) is 14.0 Å². The molecule has 0 aliphatic heterocycles. The number of hydrogen-bond donors (Lipinski definition) is 1. The second-order valence-electron chi connectivity index (χ2n) is 5.87. The van der Waals surface area contributed by atoms with Gasteiger partial charge in [0.15, 0.2) is 12.3 Å². The number of nitrogens with one attached hydrogen (secondary N) is 1. The summed E-state index contributed by atoms with van der Waals surface area (Å²) >= 11 is 1.38. The molecule has 0 aliphatic rings. The Balaban J connectivity index is 1.47. The molecule has 2 aromatic carbocycles. The Morgan fingerprint density at radius 1 is 1.03 bits per heavy atom. The Morgan fingerprint density at radius 3 is 2.59 bits per heavy atom.